The lowest BCUT2D eigenvalue weighted by atomic mass is 9.98. The topological polar surface area (TPSA) is 133 Å². The summed E-state index contributed by atoms with van der Waals surface area (Å²) >= 11 is 0. The smallest absolute Gasteiger partial charge is 0.221 e. The number of rotatable bonds is 10. The van der Waals surface area contributed by atoms with Crippen LogP contribution in [0.4, 0.5) is 5.69 Å². The van der Waals surface area contributed by atoms with Crippen molar-refractivity contribution >= 4 is 39.6 Å². The van der Waals surface area contributed by atoms with Crippen LogP contribution in [0.1, 0.15) is 44.0 Å². The van der Waals surface area contributed by atoms with Crippen LogP contribution in [0.25, 0.3) is 10.8 Å². The molecule has 0 saturated carbocycles. The van der Waals surface area contributed by atoms with Gasteiger partial charge < -0.3 is 20.5 Å². The maximum atomic E-state index is 12.9. The molecule has 1 aliphatic heterocycles. The van der Waals surface area contributed by atoms with Crippen molar-refractivity contribution in [2.24, 2.45) is 11.7 Å². The summed E-state index contributed by atoms with van der Waals surface area (Å²) in [6.45, 7) is 6.08. The first-order chi connectivity index (χ1) is 17.9. The second kappa shape index (κ2) is 13.2. The van der Waals surface area contributed by atoms with E-state index in [1.165, 1.54) is 7.05 Å². The van der Waals surface area contributed by atoms with Gasteiger partial charge in [-0.1, -0.05) is 31.5 Å². The highest BCUT2D eigenvalue weighted by Crippen LogP contribution is 2.36. The van der Waals surface area contributed by atoms with Crippen molar-refractivity contribution in [2.75, 3.05) is 18.4 Å². The lowest BCUT2D eigenvalue weighted by molar-refractivity contribution is -0.119. The van der Waals surface area contributed by atoms with Gasteiger partial charge in [-0.05, 0) is 51.1 Å². The number of ether oxygens (including phenoxy) is 2. The molecule has 0 aliphatic carbocycles. The van der Waals surface area contributed by atoms with Crippen LogP contribution in [0.15, 0.2) is 53.6 Å². The Morgan fingerprint density at radius 1 is 1.22 bits per heavy atom. The van der Waals surface area contributed by atoms with E-state index in [1.54, 1.807) is 30.5 Å². The first-order valence-electron chi connectivity index (χ1n) is 12.2. The SMILES string of the molecule is CCC1CC(=O)NC1COc1ncc(NS(=O)c2ccccc2)c2cc(C=O)c(OC(C)C)cc12.CN. The molecule has 1 amide bonds. The standard InChI is InChI=1S/C26H29N3O5S.CH5N/c1-4-17-11-25(31)28-23(17)15-33-26-21-12-24(34-16(2)3)18(14-30)10-20(21)22(13-27-26)29-35(32)19-8-6-5-7-9-19;1-2/h5-10,12-14,16-17,23,29H,4,11,15H2,1-3H3,(H,28,31);2H2,1H3. The highest BCUT2D eigenvalue weighted by atomic mass is 32.2. The molecule has 10 heteroatoms. The van der Waals surface area contributed by atoms with Crippen LogP contribution in [-0.4, -0.2) is 47.2 Å². The molecule has 1 saturated heterocycles. The molecule has 3 aromatic rings. The Morgan fingerprint density at radius 3 is 2.59 bits per heavy atom. The summed E-state index contributed by atoms with van der Waals surface area (Å²) in [7, 11) is -0.0336. The quantitative estimate of drug-likeness (QED) is 0.342. The van der Waals surface area contributed by atoms with E-state index in [2.05, 4.69) is 27.7 Å². The fourth-order valence-electron chi connectivity index (χ4n) is 4.15. The maximum Gasteiger partial charge on any atom is 0.221 e. The van der Waals surface area contributed by atoms with Gasteiger partial charge >= 0.3 is 0 Å². The van der Waals surface area contributed by atoms with E-state index in [1.807, 2.05) is 32.0 Å². The molecule has 198 valence electrons. The molecule has 2 aromatic carbocycles. The maximum absolute atomic E-state index is 12.9. The van der Waals surface area contributed by atoms with E-state index >= 15 is 0 Å². The van der Waals surface area contributed by atoms with Gasteiger partial charge in [0.25, 0.3) is 0 Å². The molecule has 0 radical (unpaired) electrons. The summed E-state index contributed by atoms with van der Waals surface area (Å²) < 4.78 is 27.9. The second-order valence-corrected chi connectivity index (χ2v) is 9.95. The molecule has 4 N–H and O–H groups in total. The average Bonchev–Trinajstić information content (AvgIpc) is 3.28. The van der Waals surface area contributed by atoms with Crippen LogP contribution in [0.3, 0.4) is 0 Å². The molecule has 9 nitrogen and oxygen atoms in total. The number of hydrogen-bond acceptors (Lipinski definition) is 7. The van der Waals surface area contributed by atoms with Gasteiger partial charge in [-0.2, -0.15) is 0 Å². The number of pyridine rings is 1. The summed E-state index contributed by atoms with van der Waals surface area (Å²) in [5.41, 5.74) is 5.36. The number of hydrogen-bond donors (Lipinski definition) is 3. The molecule has 0 bridgehead atoms. The fourth-order valence-corrected chi connectivity index (χ4v) is 5.03. The highest BCUT2D eigenvalue weighted by Gasteiger charge is 2.31. The first kappa shape index (κ1) is 28.1. The highest BCUT2D eigenvalue weighted by molar-refractivity contribution is 7.86. The number of nitrogens with two attached hydrogens (primary N) is 1. The van der Waals surface area contributed by atoms with Gasteiger partial charge in [0.15, 0.2) is 6.29 Å². The normalized spacial score (nSPS) is 17.5. The zero-order valence-electron chi connectivity index (χ0n) is 21.5. The van der Waals surface area contributed by atoms with Gasteiger partial charge in [0.2, 0.25) is 11.8 Å². The predicted octanol–water partition coefficient (Wildman–Crippen LogP) is 3.84. The number of benzene rings is 2. The summed E-state index contributed by atoms with van der Waals surface area (Å²) in [5.74, 6) is 0.980. The van der Waals surface area contributed by atoms with E-state index in [4.69, 9.17) is 9.47 Å². The van der Waals surface area contributed by atoms with Crippen LogP contribution in [0.2, 0.25) is 0 Å². The lowest BCUT2D eigenvalue weighted by Crippen LogP contribution is -2.34. The number of nitrogens with one attached hydrogen (secondary N) is 2. The molecular weight excluding hydrogens is 492 g/mol. The molecule has 37 heavy (non-hydrogen) atoms. The second-order valence-electron chi connectivity index (χ2n) is 8.74. The summed E-state index contributed by atoms with van der Waals surface area (Å²) in [6.07, 6.45) is 3.48. The van der Waals surface area contributed by atoms with Gasteiger partial charge in [0.1, 0.15) is 23.3 Å². The van der Waals surface area contributed by atoms with Crippen molar-refractivity contribution in [3.8, 4) is 11.6 Å². The van der Waals surface area contributed by atoms with Crippen molar-refractivity contribution in [1.82, 2.24) is 10.3 Å². The van der Waals surface area contributed by atoms with Crippen LogP contribution in [0, 0.1) is 5.92 Å². The summed E-state index contributed by atoms with van der Waals surface area (Å²) in [5, 5.41) is 4.20. The molecular formula is C27H34N4O5S. The number of carbonyl (C=O) groups excluding carboxylic acids is 2. The molecule has 3 atom stereocenters. The van der Waals surface area contributed by atoms with Gasteiger partial charge in [0, 0.05) is 17.2 Å². The van der Waals surface area contributed by atoms with Crippen molar-refractivity contribution in [3.05, 3.63) is 54.2 Å². The zero-order chi connectivity index (χ0) is 26.9. The molecule has 0 spiro atoms. The molecule has 1 aliphatic rings. The van der Waals surface area contributed by atoms with Crippen molar-refractivity contribution in [1.29, 1.82) is 0 Å². The lowest BCUT2D eigenvalue weighted by Gasteiger charge is -2.20. The molecule has 1 fully saturated rings. The number of fused-ring (bicyclic) bond motifs is 1. The Hall–Kier alpha value is -3.50. The van der Waals surface area contributed by atoms with Crippen LogP contribution in [0.5, 0.6) is 11.6 Å². The van der Waals surface area contributed by atoms with E-state index in [-0.39, 0.29) is 30.6 Å². The number of amides is 1. The Labute approximate surface area is 219 Å². The van der Waals surface area contributed by atoms with E-state index in [0.717, 1.165) is 12.7 Å². The Morgan fingerprint density at radius 2 is 1.95 bits per heavy atom. The van der Waals surface area contributed by atoms with E-state index in [9.17, 15) is 13.8 Å². The van der Waals surface area contributed by atoms with Gasteiger partial charge in [-0.25, -0.2) is 9.19 Å². The summed E-state index contributed by atoms with van der Waals surface area (Å²) in [4.78, 5) is 28.8. The zero-order valence-corrected chi connectivity index (χ0v) is 22.3. The fraction of sp³-hybridized carbons (Fsp3) is 0.370. The summed E-state index contributed by atoms with van der Waals surface area (Å²) in [6, 6.07) is 12.3. The predicted molar refractivity (Wildman–Crippen MR) is 145 cm³/mol. The third kappa shape index (κ3) is 6.84. The van der Waals surface area contributed by atoms with Crippen LogP contribution in [-0.2, 0) is 15.8 Å². The van der Waals surface area contributed by atoms with Gasteiger partial charge in [0.05, 0.1) is 34.5 Å². The minimum atomic E-state index is -1.53. The number of anilines is 1. The molecule has 3 unspecified atom stereocenters. The van der Waals surface area contributed by atoms with Crippen molar-refractivity contribution < 1.29 is 23.3 Å². The largest absolute Gasteiger partial charge is 0.490 e. The minimum Gasteiger partial charge on any atom is -0.490 e. The van der Waals surface area contributed by atoms with Crippen LogP contribution < -0.4 is 25.2 Å². The molecule has 2 heterocycles. The molecule has 1 aromatic heterocycles. The molecule has 4 rings (SSSR count). The number of carbonyl (C=O) groups is 2. The van der Waals surface area contributed by atoms with Crippen LogP contribution >= 0.6 is 0 Å². The van der Waals surface area contributed by atoms with Gasteiger partial charge in [-0.3, -0.25) is 14.3 Å². The Kier molecular flexibility index (Phi) is 9.99. The van der Waals surface area contributed by atoms with Gasteiger partial charge in [-0.15, -0.1) is 0 Å². The third-order valence-corrected chi connectivity index (χ3v) is 7.02. The van der Waals surface area contributed by atoms with Crippen molar-refractivity contribution in [2.45, 2.75) is 50.7 Å². The number of aromatic nitrogens is 1. The monoisotopic (exact) mass is 526 g/mol. The Bertz CT molecular complexity index is 1250. The first-order valence-corrected chi connectivity index (χ1v) is 13.4. The minimum absolute atomic E-state index is 0.0226. The van der Waals surface area contributed by atoms with Crippen molar-refractivity contribution in [3.63, 3.8) is 0 Å². The van der Waals surface area contributed by atoms with E-state index < -0.39 is 11.0 Å². The number of nitrogens with zero attached hydrogens (tertiary/aromatic N) is 1. The third-order valence-electron chi connectivity index (χ3n) is 5.92. The average molecular weight is 527 g/mol. The Balaban J connectivity index is 0.00000186. The van der Waals surface area contributed by atoms with E-state index in [0.29, 0.717) is 45.0 Å². The number of aldehydes is 1.